The molecule has 86 valence electrons. The average molecular weight is 210 g/mol. The number of hydrogen-bond donors (Lipinski definition) is 0. The summed E-state index contributed by atoms with van der Waals surface area (Å²) in [7, 11) is 3.81. The van der Waals surface area contributed by atoms with Gasteiger partial charge in [0, 0.05) is 13.1 Å². The van der Waals surface area contributed by atoms with E-state index in [0.717, 1.165) is 0 Å². The third-order valence-electron chi connectivity index (χ3n) is 1.93. The van der Waals surface area contributed by atoms with E-state index in [2.05, 4.69) is 0 Å². The van der Waals surface area contributed by atoms with Crippen molar-refractivity contribution in [1.82, 2.24) is 9.80 Å². The molecule has 0 saturated heterocycles. The van der Waals surface area contributed by atoms with Crippen molar-refractivity contribution in [2.45, 2.75) is 13.8 Å². The van der Waals surface area contributed by atoms with Gasteiger partial charge in [-0.15, -0.1) is 0 Å². The maximum atomic E-state index is 11.8. The topological polar surface area (TPSA) is 23.6 Å². The number of rotatable bonds is 6. The van der Waals surface area contributed by atoms with Gasteiger partial charge in [-0.25, -0.2) is 0 Å². The quantitative estimate of drug-likeness (QED) is 0.621. The summed E-state index contributed by atoms with van der Waals surface area (Å²) in [6.45, 7) is 5.77. The molecule has 0 aromatic carbocycles. The summed E-state index contributed by atoms with van der Waals surface area (Å²) in [5.41, 5.74) is 0. The summed E-state index contributed by atoms with van der Waals surface area (Å²) in [5, 5.41) is 0. The van der Waals surface area contributed by atoms with E-state index in [9.17, 15) is 4.79 Å². The predicted octanol–water partition coefficient (Wildman–Crippen LogP) is 1.53. The molecule has 0 N–H and O–H groups in total. The fourth-order valence-corrected chi connectivity index (χ4v) is 1.11. The molecule has 0 saturated carbocycles. The largest absolute Gasteiger partial charge is 0.334 e. The molecule has 0 aromatic rings. The Labute approximate surface area is 93.1 Å². The van der Waals surface area contributed by atoms with E-state index in [1.807, 2.05) is 62.0 Å². The third-order valence-corrected chi connectivity index (χ3v) is 1.93. The average Bonchev–Trinajstić information content (AvgIpc) is 2.17. The van der Waals surface area contributed by atoms with Crippen molar-refractivity contribution in [3.63, 3.8) is 0 Å². The lowest BCUT2D eigenvalue weighted by molar-refractivity contribution is -0.130. The molecule has 0 aliphatic carbocycles. The van der Waals surface area contributed by atoms with E-state index >= 15 is 0 Å². The SMILES string of the molecule is C/C=C/CN(C/C=C/C)C(=O)CN(C)C. The summed E-state index contributed by atoms with van der Waals surface area (Å²) in [5.74, 6) is 0.163. The van der Waals surface area contributed by atoms with Gasteiger partial charge in [-0.05, 0) is 27.9 Å². The van der Waals surface area contributed by atoms with Gasteiger partial charge >= 0.3 is 0 Å². The van der Waals surface area contributed by atoms with Crippen LogP contribution in [0.3, 0.4) is 0 Å². The Morgan fingerprint density at radius 1 is 1.07 bits per heavy atom. The van der Waals surface area contributed by atoms with E-state index in [1.54, 1.807) is 0 Å². The summed E-state index contributed by atoms with van der Waals surface area (Å²) in [6, 6.07) is 0. The van der Waals surface area contributed by atoms with Crippen LogP contribution in [0.2, 0.25) is 0 Å². The van der Waals surface area contributed by atoms with Crippen molar-refractivity contribution < 1.29 is 4.79 Å². The number of carbonyl (C=O) groups excluding carboxylic acids is 1. The van der Waals surface area contributed by atoms with Crippen LogP contribution in [0.5, 0.6) is 0 Å². The molecule has 0 bridgehead atoms. The van der Waals surface area contributed by atoms with Crippen LogP contribution in [-0.2, 0) is 4.79 Å². The molecular formula is C12H22N2O. The zero-order valence-corrected chi connectivity index (χ0v) is 10.2. The van der Waals surface area contributed by atoms with E-state index < -0.39 is 0 Å². The highest BCUT2D eigenvalue weighted by atomic mass is 16.2. The van der Waals surface area contributed by atoms with Crippen LogP contribution < -0.4 is 0 Å². The fraction of sp³-hybridized carbons (Fsp3) is 0.583. The molecule has 3 heteroatoms. The number of allylic oxidation sites excluding steroid dienone is 2. The molecule has 0 unspecified atom stereocenters. The van der Waals surface area contributed by atoms with Crippen LogP contribution in [0.4, 0.5) is 0 Å². The zero-order chi connectivity index (χ0) is 11.7. The maximum Gasteiger partial charge on any atom is 0.237 e. The van der Waals surface area contributed by atoms with Crippen molar-refractivity contribution in [3.05, 3.63) is 24.3 Å². The second-order valence-electron chi connectivity index (χ2n) is 3.67. The fourth-order valence-electron chi connectivity index (χ4n) is 1.11. The van der Waals surface area contributed by atoms with Crippen LogP contribution in [0.25, 0.3) is 0 Å². The van der Waals surface area contributed by atoms with Crippen LogP contribution in [-0.4, -0.2) is 49.4 Å². The number of amides is 1. The highest BCUT2D eigenvalue weighted by Gasteiger charge is 2.10. The number of nitrogens with zero attached hydrogens (tertiary/aromatic N) is 2. The maximum absolute atomic E-state index is 11.8. The zero-order valence-electron chi connectivity index (χ0n) is 10.2. The normalized spacial score (nSPS) is 11.8. The standard InChI is InChI=1S/C12H22N2O/c1-5-7-9-14(10-8-6-2)12(15)11-13(3)4/h5-8H,9-11H2,1-4H3/b7-5+,8-6+. The van der Waals surface area contributed by atoms with Crippen LogP contribution in [0.15, 0.2) is 24.3 Å². The smallest absolute Gasteiger partial charge is 0.237 e. The molecule has 0 fully saturated rings. The van der Waals surface area contributed by atoms with Gasteiger partial charge in [-0.2, -0.15) is 0 Å². The molecule has 0 spiro atoms. The predicted molar refractivity (Wildman–Crippen MR) is 64.8 cm³/mol. The van der Waals surface area contributed by atoms with Gasteiger partial charge in [0.25, 0.3) is 0 Å². The summed E-state index contributed by atoms with van der Waals surface area (Å²) in [6.07, 6.45) is 7.92. The third kappa shape index (κ3) is 6.91. The molecule has 1 amide bonds. The first-order chi connectivity index (χ1) is 7.11. The minimum atomic E-state index is 0.163. The van der Waals surface area contributed by atoms with Crippen LogP contribution >= 0.6 is 0 Å². The highest BCUT2D eigenvalue weighted by Crippen LogP contribution is 1.94. The molecule has 0 aliphatic heterocycles. The highest BCUT2D eigenvalue weighted by molar-refractivity contribution is 5.78. The Bertz CT molecular complexity index is 218. The van der Waals surface area contributed by atoms with Gasteiger partial charge in [0.2, 0.25) is 5.91 Å². The van der Waals surface area contributed by atoms with Crippen molar-refractivity contribution in [2.24, 2.45) is 0 Å². The second kappa shape index (κ2) is 8.24. The second-order valence-corrected chi connectivity index (χ2v) is 3.67. The molecule has 0 radical (unpaired) electrons. The van der Waals surface area contributed by atoms with E-state index in [1.165, 1.54) is 0 Å². The lowest BCUT2D eigenvalue weighted by Crippen LogP contribution is -2.38. The number of carbonyl (C=O) groups is 1. The van der Waals surface area contributed by atoms with Crippen molar-refractivity contribution in [1.29, 1.82) is 0 Å². The van der Waals surface area contributed by atoms with Gasteiger partial charge < -0.3 is 9.80 Å². The lowest BCUT2D eigenvalue weighted by atomic mass is 10.3. The molecule has 15 heavy (non-hydrogen) atoms. The Balaban J connectivity index is 4.26. The Hall–Kier alpha value is -1.09. The van der Waals surface area contributed by atoms with Gasteiger partial charge in [0.05, 0.1) is 6.54 Å². The van der Waals surface area contributed by atoms with Gasteiger partial charge in [-0.3, -0.25) is 4.79 Å². The van der Waals surface area contributed by atoms with Crippen molar-refractivity contribution >= 4 is 5.91 Å². The summed E-state index contributed by atoms with van der Waals surface area (Å²) < 4.78 is 0. The molecular weight excluding hydrogens is 188 g/mol. The number of hydrogen-bond acceptors (Lipinski definition) is 2. The van der Waals surface area contributed by atoms with Gasteiger partial charge in [0.1, 0.15) is 0 Å². The van der Waals surface area contributed by atoms with Gasteiger partial charge in [0.15, 0.2) is 0 Å². The van der Waals surface area contributed by atoms with Gasteiger partial charge in [-0.1, -0.05) is 24.3 Å². The van der Waals surface area contributed by atoms with E-state index in [0.29, 0.717) is 19.6 Å². The van der Waals surface area contributed by atoms with Crippen molar-refractivity contribution in [2.75, 3.05) is 33.7 Å². The monoisotopic (exact) mass is 210 g/mol. The van der Waals surface area contributed by atoms with E-state index in [-0.39, 0.29) is 5.91 Å². The van der Waals surface area contributed by atoms with Crippen LogP contribution in [0, 0.1) is 0 Å². The van der Waals surface area contributed by atoms with E-state index in [4.69, 9.17) is 0 Å². The Morgan fingerprint density at radius 3 is 1.87 bits per heavy atom. The Kier molecular flexibility index (Phi) is 7.64. The molecule has 0 rings (SSSR count). The van der Waals surface area contributed by atoms with Crippen molar-refractivity contribution in [3.8, 4) is 0 Å². The summed E-state index contributed by atoms with van der Waals surface area (Å²) in [4.78, 5) is 15.5. The first-order valence-corrected chi connectivity index (χ1v) is 5.26. The minimum absolute atomic E-state index is 0.163. The molecule has 3 nitrogen and oxygen atoms in total. The molecule has 0 atom stereocenters. The summed E-state index contributed by atoms with van der Waals surface area (Å²) >= 11 is 0. The lowest BCUT2D eigenvalue weighted by Gasteiger charge is -2.21. The minimum Gasteiger partial charge on any atom is -0.334 e. The first-order valence-electron chi connectivity index (χ1n) is 5.26. The molecule has 0 aliphatic rings. The first kappa shape index (κ1) is 13.9. The molecule has 0 aromatic heterocycles. The number of likely N-dealkylation sites (N-methyl/N-ethyl adjacent to an activating group) is 1. The molecule has 0 heterocycles. The van der Waals surface area contributed by atoms with Crippen LogP contribution in [0.1, 0.15) is 13.8 Å². The Morgan fingerprint density at radius 2 is 1.53 bits per heavy atom.